The number of ether oxygens (including phenoxy) is 1. The van der Waals surface area contributed by atoms with E-state index in [9.17, 15) is 4.79 Å². The maximum atomic E-state index is 13.2. The van der Waals surface area contributed by atoms with Gasteiger partial charge in [0.15, 0.2) is 0 Å². The van der Waals surface area contributed by atoms with E-state index >= 15 is 0 Å². The third-order valence-electron chi connectivity index (χ3n) is 7.51. The van der Waals surface area contributed by atoms with Crippen molar-refractivity contribution in [1.82, 2.24) is 9.55 Å². The predicted octanol–water partition coefficient (Wildman–Crippen LogP) is 4.42. The Hall–Kier alpha value is -3.27. The van der Waals surface area contributed by atoms with Crippen molar-refractivity contribution in [1.29, 1.82) is 0 Å². The summed E-state index contributed by atoms with van der Waals surface area (Å²) in [4.78, 5) is 20.1. The molecule has 35 heavy (non-hydrogen) atoms. The normalized spacial score (nSPS) is 18.2. The molecule has 1 aromatic heterocycles. The zero-order valence-corrected chi connectivity index (χ0v) is 21.0. The van der Waals surface area contributed by atoms with Gasteiger partial charge in [0.05, 0.1) is 12.8 Å². The van der Waals surface area contributed by atoms with Gasteiger partial charge in [0.2, 0.25) is 0 Å². The molecule has 5 rings (SSSR count). The second kappa shape index (κ2) is 9.07. The van der Waals surface area contributed by atoms with Crippen molar-refractivity contribution in [2.75, 3.05) is 25.1 Å². The molecule has 2 aliphatic rings. The fourth-order valence-corrected chi connectivity index (χ4v) is 5.91. The lowest BCUT2D eigenvalue weighted by Gasteiger charge is -2.42. The lowest BCUT2D eigenvalue weighted by Crippen LogP contribution is -2.45. The summed E-state index contributed by atoms with van der Waals surface area (Å²) in [6.07, 6.45) is 2.88. The van der Waals surface area contributed by atoms with Gasteiger partial charge in [-0.25, -0.2) is 4.98 Å². The Kier molecular flexibility index (Phi) is 6.08. The monoisotopic (exact) mass is 488 g/mol. The number of aromatic nitrogens is 2. The Labute approximate surface area is 210 Å². The third kappa shape index (κ3) is 3.99. The number of methoxy groups -OCH3 is 1. The Morgan fingerprint density at radius 1 is 1.20 bits per heavy atom. The second-order valence-corrected chi connectivity index (χ2v) is 9.80. The fraction of sp³-hybridized carbons (Fsp3) is 0.357. The zero-order valence-electron chi connectivity index (χ0n) is 20.3. The van der Waals surface area contributed by atoms with Gasteiger partial charge in [-0.1, -0.05) is 29.7 Å². The highest BCUT2D eigenvalue weighted by Crippen LogP contribution is 2.51. The van der Waals surface area contributed by atoms with Crippen LogP contribution in [-0.2, 0) is 6.42 Å². The lowest BCUT2D eigenvalue weighted by molar-refractivity contribution is 0.187. The van der Waals surface area contributed by atoms with Gasteiger partial charge in [0.25, 0.3) is 5.56 Å². The first-order chi connectivity index (χ1) is 16.9. The van der Waals surface area contributed by atoms with E-state index in [2.05, 4.69) is 34.9 Å². The van der Waals surface area contributed by atoms with Gasteiger partial charge < -0.3 is 15.4 Å². The van der Waals surface area contributed by atoms with Crippen molar-refractivity contribution in [3.63, 3.8) is 0 Å². The number of hydrogen-bond acceptors (Lipinski definition) is 5. The van der Waals surface area contributed by atoms with Crippen LogP contribution in [0.5, 0.6) is 5.75 Å². The summed E-state index contributed by atoms with van der Waals surface area (Å²) in [5.74, 6) is 7.91. The molecular formula is C28H29ClN4O2. The number of benzene rings is 2. The van der Waals surface area contributed by atoms with E-state index < -0.39 is 0 Å². The lowest BCUT2D eigenvalue weighted by atomic mass is 9.73. The van der Waals surface area contributed by atoms with Crippen LogP contribution in [0.1, 0.15) is 48.3 Å². The van der Waals surface area contributed by atoms with Crippen molar-refractivity contribution < 1.29 is 4.74 Å². The van der Waals surface area contributed by atoms with Gasteiger partial charge >= 0.3 is 0 Å². The molecule has 0 amide bonds. The first kappa shape index (κ1) is 23.5. The molecule has 3 aromatic rings. The number of fused-ring (bicyclic) bond motifs is 1. The topological polar surface area (TPSA) is 73.4 Å². The Morgan fingerprint density at radius 2 is 1.97 bits per heavy atom. The maximum absolute atomic E-state index is 13.2. The van der Waals surface area contributed by atoms with E-state index in [1.165, 1.54) is 15.7 Å². The number of nitrogens with two attached hydrogens (primary N) is 1. The molecule has 0 saturated carbocycles. The molecule has 1 spiro atoms. The van der Waals surface area contributed by atoms with E-state index in [4.69, 9.17) is 27.1 Å². The SMILES string of the molecule is CC#Cc1ccc2c(c1)[C@@H](N)C1(CCN(c3cc(=O)n(-c4cccc(OC)c4Cl)c(C)n3)CC1)C2. The van der Waals surface area contributed by atoms with E-state index in [0.717, 1.165) is 37.9 Å². The average Bonchev–Trinajstić information content (AvgIpc) is 3.11. The standard InChI is InChI=1S/C28H29ClN4O2/c1-4-6-19-9-10-20-17-28(27(30)21(20)15-19)11-13-32(14-12-28)24-16-25(34)33(18(2)31-24)22-7-5-8-23(35-3)26(22)29/h5,7-10,15-16,27H,11-14,17,30H2,1-3H3/t27-/m1/s1. The average molecular weight is 489 g/mol. The zero-order chi connectivity index (χ0) is 24.7. The summed E-state index contributed by atoms with van der Waals surface area (Å²) in [6.45, 7) is 5.29. The third-order valence-corrected chi connectivity index (χ3v) is 7.89. The molecule has 0 unspecified atom stereocenters. The summed E-state index contributed by atoms with van der Waals surface area (Å²) >= 11 is 6.48. The van der Waals surface area contributed by atoms with Crippen molar-refractivity contribution >= 4 is 17.4 Å². The van der Waals surface area contributed by atoms with Crippen LogP contribution < -0.4 is 20.9 Å². The van der Waals surface area contributed by atoms with Gasteiger partial charge in [-0.2, -0.15) is 0 Å². The molecule has 0 radical (unpaired) electrons. The van der Waals surface area contributed by atoms with Crippen LogP contribution in [0.4, 0.5) is 5.82 Å². The molecule has 1 aliphatic heterocycles. The van der Waals surface area contributed by atoms with Gasteiger partial charge in [-0.3, -0.25) is 9.36 Å². The number of hydrogen-bond donors (Lipinski definition) is 1. The minimum Gasteiger partial charge on any atom is -0.495 e. The van der Waals surface area contributed by atoms with E-state index in [1.807, 2.05) is 19.9 Å². The molecular weight excluding hydrogens is 460 g/mol. The molecule has 2 aromatic carbocycles. The molecule has 2 N–H and O–H groups in total. The molecule has 1 fully saturated rings. The number of rotatable bonds is 3. The summed E-state index contributed by atoms with van der Waals surface area (Å²) < 4.78 is 6.84. The molecule has 1 saturated heterocycles. The van der Waals surface area contributed by atoms with E-state index in [-0.39, 0.29) is 17.0 Å². The van der Waals surface area contributed by atoms with Crippen LogP contribution in [0.15, 0.2) is 47.3 Å². The van der Waals surface area contributed by atoms with Crippen LogP contribution in [0, 0.1) is 24.2 Å². The summed E-state index contributed by atoms with van der Waals surface area (Å²) in [5.41, 5.74) is 10.8. The van der Waals surface area contributed by atoms with Crippen LogP contribution in [0.2, 0.25) is 5.02 Å². The summed E-state index contributed by atoms with van der Waals surface area (Å²) in [6, 6.07) is 13.4. The first-order valence-electron chi connectivity index (χ1n) is 11.9. The van der Waals surface area contributed by atoms with Crippen LogP contribution in [0.3, 0.4) is 0 Å². The number of aryl methyl sites for hydroxylation is 1. The number of nitrogens with zero attached hydrogens (tertiary/aromatic N) is 3. The quantitative estimate of drug-likeness (QED) is 0.552. The fourth-order valence-electron chi connectivity index (χ4n) is 5.62. The van der Waals surface area contributed by atoms with Crippen molar-refractivity contribution in [2.45, 2.75) is 39.2 Å². The van der Waals surface area contributed by atoms with Crippen molar-refractivity contribution in [3.05, 3.63) is 80.4 Å². The van der Waals surface area contributed by atoms with Gasteiger partial charge in [0, 0.05) is 30.8 Å². The van der Waals surface area contributed by atoms with Crippen LogP contribution in [-0.4, -0.2) is 29.8 Å². The highest BCUT2D eigenvalue weighted by Gasteiger charge is 2.46. The first-order valence-corrected chi connectivity index (χ1v) is 12.2. The van der Waals surface area contributed by atoms with Crippen molar-refractivity contribution in [3.8, 4) is 23.3 Å². The second-order valence-electron chi connectivity index (χ2n) is 9.42. The Morgan fingerprint density at radius 3 is 2.66 bits per heavy atom. The van der Waals surface area contributed by atoms with Crippen LogP contribution >= 0.6 is 11.6 Å². The highest BCUT2D eigenvalue weighted by atomic mass is 35.5. The molecule has 1 atom stereocenters. The summed E-state index contributed by atoms with van der Waals surface area (Å²) in [5, 5.41) is 0.387. The van der Waals surface area contributed by atoms with Gasteiger partial charge in [-0.05, 0) is 73.9 Å². The molecule has 1 aliphatic carbocycles. The maximum Gasteiger partial charge on any atom is 0.260 e. The Balaban J connectivity index is 1.37. The van der Waals surface area contributed by atoms with E-state index in [0.29, 0.717) is 28.1 Å². The minimum atomic E-state index is -0.169. The number of piperidine rings is 1. The van der Waals surface area contributed by atoms with Gasteiger partial charge in [0.1, 0.15) is 22.4 Å². The largest absolute Gasteiger partial charge is 0.495 e. The molecule has 2 heterocycles. The summed E-state index contributed by atoms with van der Waals surface area (Å²) in [7, 11) is 1.55. The molecule has 180 valence electrons. The van der Waals surface area contributed by atoms with Crippen LogP contribution in [0.25, 0.3) is 5.69 Å². The minimum absolute atomic E-state index is 0.00356. The number of anilines is 1. The number of halogens is 1. The van der Waals surface area contributed by atoms with Crippen molar-refractivity contribution in [2.24, 2.45) is 11.1 Å². The predicted molar refractivity (Wildman–Crippen MR) is 140 cm³/mol. The molecule has 0 bridgehead atoms. The Bertz CT molecular complexity index is 1410. The molecule has 6 nitrogen and oxygen atoms in total. The highest BCUT2D eigenvalue weighted by molar-refractivity contribution is 6.33. The smallest absolute Gasteiger partial charge is 0.260 e. The molecule has 7 heteroatoms. The van der Waals surface area contributed by atoms with Gasteiger partial charge in [-0.15, -0.1) is 5.92 Å². The van der Waals surface area contributed by atoms with E-state index in [1.54, 1.807) is 25.3 Å².